The van der Waals surface area contributed by atoms with E-state index in [-0.39, 0.29) is 12.0 Å². The number of fused-ring (bicyclic) bond motifs is 2. The highest BCUT2D eigenvalue weighted by atomic mass is 16.5. The van der Waals surface area contributed by atoms with Crippen LogP contribution in [0.15, 0.2) is 11.5 Å². The number of aromatic amines is 1. The molecule has 7 heteroatoms. The lowest BCUT2D eigenvalue weighted by atomic mass is 9.69. The molecule has 0 bridgehead atoms. The molecule has 20 heavy (non-hydrogen) atoms. The predicted molar refractivity (Wildman–Crippen MR) is 68.5 cm³/mol. The van der Waals surface area contributed by atoms with Crippen molar-refractivity contribution in [3.05, 3.63) is 22.7 Å². The molecule has 3 N–H and O–H groups in total. The Balaban J connectivity index is 2.24. The van der Waals surface area contributed by atoms with E-state index in [1.54, 1.807) is 7.11 Å². The van der Waals surface area contributed by atoms with Crippen molar-refractivity contribution < 1.29 is 14.2 Å². The first kappa shape index (κ1) is 13.0. The van der Waals surface area contributed by atoms with Crippen LogP contribution < -0.4 is 10.5 Å². The fraction of sp³-hybridized carbons (Fsp3) is 0.538. The smallest absolute Gasteiger partial charge is 0.244 e. The van der Waals surface area contributed by atoms with Gasteiger partial charge in [-0.1, -0.05) is 0 Å². The van der Waals surface area contributed by atoms with Gasteiger partial charge in [0.25, 0.3) is 0 Å². The molecule has 2 aliphatic rings. The minimum absolute atomic E-state index is 0.104. The van der Waals surface area contributed by atoms with Gasteiger partial charge in [-0.2, -0.15) is 5.26 Å². The highest BCUT2D eigenvalue weighted by Crippen LogP contribution is 2.51. The van der Waals surface area contributed by atoms with Gasteiger partial charge in [0.2, 0.25) is 11.8 Å². The number of ether oxygens (including phenoxy) is 3. The van der Waals surface area contributed by atoms with Crippen LogP contribution in [0.2, 0.25) is 0 Å². The third-order valence-corrected chi connectivity index (χ3v) is 4.11. The van der Waals surface area contributed by atoms with Gasteiger partial charge >= 0.3 is 0 Å². The van der Waals surface area contributed by atoms with Crippen molar-refractivity contribution in [3.63, 3.8) is 0 Å². The van der Waals surface area contributed by atoms with Gasteiger partial charge in [0, 0.05) is 13.7 Å². The molecule has 0 amide bonds. The zero-order valence-corrected chi connectivity index (χ0v) is 11.4. The Morgan fingerprint density at radius 1 is 1.65 bits per heavy atom. The van der Waals surface area contributed by atoms with Crippen LogP contribution in [-0.4, -0.2) is 30.0 Å². The van der Waals surface area contributed by atoms with Crippen molar-refractivity contribution >= 4 is 0 Å². The molecule has 106 valence electrons. The van der Waals surface area contributed by atoms with E-state index in [9.17, 15) is 5.26 Å². The van der Waals surface area contributed by atoms with Gasteiger partial charge in [-0.25, -0.2) is 0 Å². The van der Waals surface area contributed by atoms with Crippen molar-refractivity contribution in [1.29, 1.82) is 5.26 Å². The summed E-state index contributed by atoms with van der Waals surface area (Å²) in [6, 6.07) is 2.18. The largest absolute Gasteiger partial charge is 0.420 e. The summed E-state index contributed by atoms with van der Waals surface area (Å²) < 4.78 is 16.4. The highest BCUT2D eigenvalue weighted by molar-refractivity contribution is 5.55. The monoisotopic (exact) mass is 276 g/mol. The Kier molecular flexibility index (Phi) is 2.92. The number of nitrogens with zero attached hydrogens (tertiary/aromatic N) is 2. The number of H-pyrrole nitrogens is 1. The van der Waals surface area contributed by atoms with Crippen LogP contribution in [0.1, 0.15) is 24.6 Å². The molecule has 0 radical (unpaired) electrons. The fourth-order valence-electron chi connectivity index (χ4n) is 3.20. The summed E-state index contributed by atoms with van der Waals surface area (Å²) in [6.45, 7) is 2.87. The van der Waals surface area contributed by atoms with Crippen molar-refractivity contribution in [1.82, 2.24) is 10.2 Å². The van der Waals surface area contributed by atoms with Crippen LogP contribution in [0.3, 0.4) is 0 Å². The molecule has 1 fully saturated rings. The maximum atomic E-state index is 9.50. The van der Waals surface area contributed by atoms with Gasteiger partial charge in [-0.05, 0) is 13.3 Å². The van der Waals surface area contributed by atoms with Gasteiger partial charge in [0.05, 0.1) is 29.4 Å². The summed E-state index contributed by atoms with van der Waals surface area (Å²) in [7, 11) is 1.60. The number of nitrogens with two attached hydrogens (primary N) is 1. The first-order chi connectivity index (χ1) is 9.65. The highest BCUT2D eigenvalue weighted by Gasteiger charge is 2.54. The number of aromatic nitrogens is 2. The number of hydrogen-bond acceptors (Lipinski definition) is 6. The van der Waals surface area contributed by atoms with Crippen LogP contribution in [0.4, 0.5) is 0 Å². The molecule has 1 saturated heterocycles. The standard InChI is InChI=1S/C13H16N4O3/c1-7-13(3-4-19-7)8(5-14)11(15)20-12-10(13)9(6-18-2)16-17-12/h7H,3-4,6,15H2,1-2H3,(H,16,17). The molecule has 0 aliphatic carbocycles. The lowest BCUT2D eigenvalue weighted by Gasteiger charge is -2.35. The van der Waals surface area contributed by atoms with Gasteiger partial charge in [0.1, 0.15) is 11.6 Å². The SMILES string of the molecule is COCc1[nH]nc2c1C1(CCOC1C)C(C#N)=C(N)O2. The van der Waals surface area contributed by atoms with Gasteiger partial charge in [-0.15, -0.1) is 5.10 Å². The Morgan fingerprint density at radius 2 is 2.45 bits per heavy atom. The molecule has 1 spiro atoms. The quantitative estimate of drug-likeness (QED) is 0.823. The molecule has 3 rings (SSSR count). The van der Waals surface area contributed by atoms with E-state index >= 15 is 0 Å². The second kappa shape index (κ2) is 4.51. The molecule has 2 unspecified atom stereocenters. The Labute approximate surface area is 116 Å². The summed E-state index contributed by atoms with van der Waals surface area (Å²) in [5.74, 6) is 0.513. The summed E-state index contributed by atoms with van der Waals surface area (Å²) in [5, 5.41) is 16.6. The van der Waals surface area contributed by atoms with Crippen LogP contribution in [0, 0.1) is 11.3 Å². The number of nitriles is 1. The fourth-order valence-corrected chi connectivity index (χ4v) is 3.20. The molecule has 2 atom stereocenters. The summed E-state index contributed by atoms with van der Waals surface area (Å²) in [6.07, 6.45) is 0.497. The molecular formula is C13H16N4O3. The maximum absolute atomic E-state index is 9.50. The Morgan fingerprint density at radius 3 is 3.05 bits per heavy atom. The van der Waals surface area contributed by atoms with Gasteiger partial charge in [-0.3, -0.25) is 5.10 Å². The maximum Gasteiger partial charge on any atom is 0.244 e. The topological polar surface area (TPSA) is 106 Å². The second-order valence-electron chi connectivity index (χ2n) is 5.00. The average molecular weight is 276 g/mol. The van der Waals surface area contributed by atoms with Gasteiger partial charge < -0.3 is 19.9 Å². The normalized spacial score (nSPS) is 28.4. The van der Waals surface area contributed by atoms with Crippen LogP contribution >= 0.6 is 0 Å². The third-order valence-electron chi connectivity index (χ3n) is 4.11. The van der Waals surface area contributed by atoms with E-state index in [1.807, 2.05) is 6.92 Å². The summed E-state index contributed by atoms with van der Waals surface area (Å²) >= 11 is 0. The van der Waals surface area contributed by atoms with E-state index in [4.69, 9.17) is 19.9 Å². The minimum Gasteiger partial charge on any atom is -0.420 e. The van der Waals surface area contributed by atoms with E-state index < -0.39 is 5.41 Å². The van der Waals surface area contributed by atoms with E-state index in [0.717, 1.165) is 11.3 Å². The number of rotatable bonds is 2. The lowest BCUT2D eigenvalue weighted by Crippen LogP contribution is -2.41. The van der Waals surface area contributed by atoms with E-state index in [1.165, 1.54) is 0 Å². The minimum atomic E-state index is -0.604. The Hall–Kier alpha value is -2.04. The first-order valence-corrected chi connectivity index (χ1v) is 6.41. The van der Waals surface area contributed by atoms with Crippen molar-refractivity contribution in [2.75, 3.05) is 13.7 Å². The molecule has 1 aromatic rings. The molecule has 0 aromatic carbocycles. The molecule has 3 heterocycles. The molecule has 7 nitrogen and oxygen atoms in total. The van der Waals surface area contributed by atoms with E-state index in [2.05, 4.69) is 16.3 Å². The van der Waals surface area contributed by atoms with Crippen molar-refractivity contribution in [2.24, 2.45) is 5.73 Å². The molecular weight excluding hydrogens is 260 g/mol. The van der Waals surface area contributed by atoms with Crippen LogP contribution in [0.25, 0.3) is 0 Å². The van der Waals surface area contributed by atoms with Crippen LogP contribution in [0.5, 0.6) is 5.88 Å². The Bertz CT molecular complexity index is 616. The summed E-state index contributed by atoms with van der Waals surface area (Å²) in [5.41, 5.74) is 7.33. The van der Waals surface area contributed by atoms with E-state index in [0.29, 0.717) is 31.1 Å². The average Bonchev–Trinajstić information content (AvgIpc) is 2.97. The molecule has 1 aromatic heterocycles. The molecule has 2 aliphatic heterocycles. The van der Waals surface area contributed by atoms with Crippen molar-refractivity contribution in [3.8, 4) is 11.9 Å². The number of hydrogen-bond donors (Lipinski definition) is 2. The summed E-state index contributed by atoms with van der Waals surface area (Å²) in [4.78, 5) is 0. The van der Waals surface area contributed by atoms with Crippen molar-refractivity contribution in [2.45, 2.75) is 31.5 Å². The van der Waals surface area contributed by atoms with Crippen LogP contribution in [-0.2, 0) is 21.5 Å². The van der Waals surface area contributed by atoms with Gasteiger partial charge in [0.15, 0.2) is 0 Å². The number of methoxy groups -OCH3 is 1. The zero-order chi connectivity index (χ0) is 14.3. The zero-order valence-electron chi connectivity index (χ0n) is 11.4. The first-order valence-electron chi connectivity index (χ1n) is 6.41. The molecule has 0 saturated carbocycles. The predicted octanol–water partition coefficient (Wildman–Crippen LogP) is 0.689. The third kappa shape index (κ3) is 1.49. The second-order valence-corrected chi connectivity index (χ2v) is 5.00. The number of nitrogens with one attached hydrogen (secondary N) is 1. The lowest BCUT2D eigenvalue weighted by molar-refractivity contribution is 0.0987.